The number of rotatable bonds is 6. The quantitative estimate of drug-likeness (QED) is 0.851. The van der Waals surface area contributed by atoms with Crippen molar-refractivity contribution in [1.82, 2.24) is 10.2 Å². The number of hydrogen-bond acceptors (Lipinski definition) is 3. The second-order valence-corrected chi connectivity index (χ2v) is 5.38. The van der Waals surface area contributed by atoms with Crippen LogP contribution in [0.15, 0.2) is 24.3 Å². The van der Waals surface area contributed by atoms with Crippen LogP contribution in [-0.4, -0.2) is 43.7 Å². The highest BCUT2D eigenvalue weighted by Crippen LogP contribution is 2.17. The second-order valence-electron chi connectivity index (χ2n) is 5.38. The van der Waals surface area contributed by atoms with Gasteiger partial charge < -0.3 is 10.1 Å². The Morgan fingerprint density at radius 2 is 2.11 bits per heavy atom. The molecule has 1 fully saturated rings. The van der Waals surface area contributed by atoms with Crippen molar-refractivity contribution in [3.05, 3.63) is 29.8 Å². The van der Waals surface area contributed by atoms with E-state index in [2.05, 4.69) is 48.3 Å². The predicted octanol–water partition coefficient (Wildman–Crippen LogP) is 2.31. The van der Waals surface area contributed by atoms with Crippen molar-refractivity contribution in [3.8, 4) is 5.75 Å². The van der Waals surface area contributed by atoms with Gasteiger partial charge in [-0.3, -0.25) is 4.90 Å². The normalized spacial score (nSPS) is 20.7. The molecule has 1 heterocycles. The van der Waals surface area contributed by atoms with Crippen LogP contribution in [0.1, 0.15) is 25.8 Å². The Balaban J connectivity index is 1.95. The van der Waals surface area contributed by atoms with Gasteiger partial charge in [-0.2, -0.15) is 0 Å². The molecule has 2 atom stereocenters. The van der Waals surface area contributed by atoms with Gasteiger partial charge in [0, 0.05) is 18.6 Å². The van der Waals surface area contributed by atoms with Crippen molar-refractivity contribution in [1.29, 1.82) is 0 Å². The van der Waals surface area contributed by atoms with Gasteiger partial charge >= 0.3 is 0 Å². The van der Waals surface area contributed by atoms with Gasteiger partial charge in [0.1, 0.15) is 5.75 Å². The number of nitrogens with one attached hydrogen (secondary N) is 1. The maximum Gasteiger partial charge on any atom is 0.118 e. The molecule has 0 amide bonds. The second kappa shape index (κ2) is 6.92. The van der Waals surface area contributed by atoms with Crippen LogP contribution < -0.4 is 10.1 Å². The Morgan fingerprint density at radius 3 is 2.63 bits per heavy atom. The average molecular weight is 262 g/mol. The fourth-order valence-electron chi connectivity index (χ4n) is 3.07. The van der Waals surface area contributed by atoms with Crippen LogP contribution in [0, 0.1) is 0 Å². The lowest BCUT2D eigenvalue weighted by Crippen LogP contribution is -2.43. The van der Waals surface area contributed by atoms with E-state index in [0.29, 0.717) is 12.1 Å². The largest absolute Gasteiger partial charge is 0.497 e. The molecule has 3 heteroatoms. The van der Waals surface area contributed by atoms with Crippen LogP contribution in [0.2, 0.25) is 0 Å². The van der Waals surface area contributed by atoms with Crippen LogP contribution in [0.4, 0.5) is 0 Å². The Morgan fingerprint density at radius 1 is 1.37 bits per heavy atom. The minimum Gasteiger partial charge on any atom is -0.497 e. The summed E-state index contributed by atoms with van der Waals surface area (Å²) in [6.07, 6.45) is 2.38. The first-order valence-electron chi connectivity index (χ1n) is 7.34. The molecule has 0 spiro atoms. The molecule has 2 unspecified atom stereocenters. The summed E-state index contributed by atoms with van der Waals surface area (Å²) in [5.41, 5.74) is 1.39. The fraction of sp³-hybridized carbons (Fsp3) is 0.625. The summed E-state index contributed by atoms with van der Waals surface area (Å²) in [6.45, 7) is 8.04. The van der Waals surface area contributed by atoms with Crippen molar-refractivity contribution in [2.75, 3.05) is 26.7 Å². The van der Waals surface area contributed by atoms with Crippen LogP contribution in [-0.2, 0) is 6.42 Å². The monoisotopic (exact) mass is 262 g/mol. The molecular weight excluding hydrogens is 236 g/mol. The van der Waals surface area contributed by atoms with Crippen LogP contribution >= 0.6 is 0 Å². The third-order valence-electron chi connectivity index (χ3n) is 4.12. The highest BCUT2D eigenvalue weighted by molar-refractivity contribution is 5.27. The molecule has 1 N–H and O–H groups in total. The van der Waals surface area contributed by atoms with E-state index >= 15 is 0 Å². The SMILES string of the molecule is CCN(C(C)Cc1ccc(OC)cc1)C1CCNC1. The number of likely N-dealkylation sites (N-methyl/N-ethyl adjacent to an activating group) is 1. The Bertz CT molecular complexity index is 371. The summed E-state index contributed by atoms with van der Waals surface area (Å²) in [4.78, 5) is 2.63. The van der Waals surface area contributed by atoms with Gasteiger partial charge in [0.05, 0.1) is 7.11 Å². The maximum absolute atomic E-state index is 5.21. The van der Waals surface area contributed by atoms with E-state index in [4.69, 9.17) is 4.74 Å². The molecule has 1 aromatic carbocycles. The van der Waals surface area contributed by atoms with E-state index in [9.17, 15) is 0 Å². The van der Waals surface area contributed by atoms with E-state index < -0.39 is 0 Å². The van der Waals surface area contributed by atoms with Gasteiger partial charge in [-0.25, -0.2) is 0 Å². The van der Waals surface area contributed by atoms with Crippen molar-refractivity contribution < 1.29 is 4.74 Å². The lowest BCUT2D eigenvalue weighted by atomic mass is 10.0. The van der Waals surface area contributed by atoms with Gasteiger partial charge in [-0.15, -0.1) is 0 Å². The van der Waals surface area contributed by atoms with Gasteiger partial charge in [-0.1, -0.05) is 19.1 Å². The molecule has 0 aliphatic carbocycles. The van der Waals surface area contributed by atoms with Crippen molar-refractivity contribution in [3.63, 3.8) is 0 Å². The minimum absolute atomic E-state index is 0.586. The molecule has 1 saturated heterocycles. The number of methoxy groups -OCH3 is 1. The van der Waals surface area contributed by atoms with E-state index in [-0.39, 0.29) is 0 Å². The summed E-state index contributed by atoms with van der Waals surface area (Å²) in [7, 11) is 1.71. The molecule has 1 aliphatic heterocycles. The summed E-state index contributed by atoms with van der Waals surface area (Å²) < 4.78 is 5.21. The molecule has 19 heavy (non-hydrogen) atoms. The topological polar surface area (TPSA) is 24.5 Å². The van der Waals surface area contributed by atoms with Crippen LogP contribution in [0.3, 0.4) is 0 Å². The molecule has 1 aromatic rings. The first kappa shape index (κ1) is 14.4. The molecule has 0 radical (unpaired) electrons. The molecule has 1 aliphatic rings. The number of ether oxygens (including phenoxy) is 1. The lowest BCUT2D eigenvalue weighted by molar-refractivity contribution is 0.161. The summed E-state index contributed by atoms with van der Waals surface area (Å²) in [5.74, 6) is 0.934. The smallest absolute Gasteiger partial charge is 0.118 e. The van der Waals surface area contributed by atoms with E-state index in [0.717, 1.165) is 31.8 Å². The zero-order chi connectivity index (χ0) is 13.7. The fourth-order valence-corrected chi connectivity index (χ4v) is 3.07. The van der Waals surface area contributed by atoms with Crippen LogP contribution in [0.25, 0.3) is 0 Å². The molecule has 0 bridgehead atoms. The maximum atomic E-state index is 5.21. The van der Waals surface area contributed by atoms with E-state index in [1.54, 1.807) is 7.11 Å². The Hall–Kier alpha value is -1.06. The highest BCUT2D eigenvalue weighted by atomic mass is 16.5. The van der Waals surface area contributed by atoms with Crippen molar-refractivity contribution in [2.45, 2.75) is 38.8 Å². The van der Waals surface area contributed by atoms with Gasteiger partial charge in [-0.05, 0) is 50.6 Å². The van der Waals surface area contributed by atoms with Crippen LogP contribution in [0.5, 0.6) is 5.75 Å². The average Bonchev–Trinajstić information content (AvgIpc) is 2.94. The highest BCUT2D eigenvalue weighted by Gasteiger charge is 2.24. The number of benzene rings is 1. The van der Waals surface area contributed by atoms with E-state index in [1.165, 1.54) is 12.0 Å². The van der Waals surface area contributed by atoms with E-state index in [1.807, 2.05) is 0 Å². The molecule has 0 saturated carbocycles. The zero-order valence-electron chi connectivity index (χ0n) is 12.4. The first-order valence-corrected chi connectivity index (χ1v) is 7.34. The number of nitrogens with zero attached hydrogens (tertiary/aromatic N) is 1. The summed E-state index contributed by atoms with van der Waals surface area (Å²) >= 11 is 0. The zero-order valence-corrected chi connectivity index (χ0v) is 12.4. The molecule has 106 valence electrons. The van der Waals surface area contributed by atoms with Gasteiger partial charge in [0.2, 0.25) is 0 Å². The third-order valence-corrected chi connectivity index (χ3v) is 4.12. The Kier molecular flexibility index (Phi) is 5.23. The number of hydrogen-bond donors (Lipinski definition) is 1. The first-order chi connectivity index (χ1) is 9.24. The Labute approximate surface area is 116 Å². The minimum atomic E-state index is 0.586. The van der Waals surface area contributed by atoms with Gasteiger partial charge in [0.15, 0.2) is 0 Å². The summed E-state index contributed by atoms with van der Waals surface area (Å²) in [5, 5.41) is 3.46. The van der Waals surface area contributed by atoms with Crippen molar-refractivity contribution in [2.24, 2.45) is 0 Å². The molecule has 3 nitrogen and oxygen atoms in total. The van der Waals surface area contributed by atoms with Gasteiger partial charge in [0.25, 0.3) is 0 Å². The molecular formula is C16H26N2O. The third kappa shape index (κ3) is 3.71. The standard InChI is InChI=1S/C16H26N2O/c1-4-18(15-9-10-17-12-15)13(2)11-14-5-7-16(19-3)8-6-14/h5-8,13,15,17H,4,9-12H2,1-3H3. The predicted molar refractivity (Wildman–Crippen MR) is 79.8 cm³/mol. The molecule has 2 rings (SSSR count). The van der Waals surface area contributed by atoms with Crippen molar-refractivity contribution >= 4 is 0 Å². The lowest BCUT2D eigenvalue weighted by Gasteiger charge is -2.33. The molecule has 0 aromatic heterocycles. The summed E-state index contributed by atoms with van der Waals surface area (Å²) in [6, 6.07) is 9.75.